The Morgan fingerprint density at radius 1 is 1.38 bits per heavy atom. The van der Waals surface area contributed by atoms with Gasteiger partial charge in [-0.3, -0.25) is 0 Å². The molecule has 0 rings (SSSR count). The summed E-state index contributed by atoms with van der Waals surface area (Å²) in [7, 11) is -9.94. The molecule has 0 aliphatic carbocycles. The van der Waals surface area contributed by atoms with Gasteiger partial charge >= 0.3 is 15.6 Å². The highest BCUT2D eigenvalue weighted by molar-refractivity contribution is 7.60. The molecule has 9 nitrogen and oxygen atoms in total. The summed E-state index contributed by atoms with van der Waals surface area (Å²) in [6.07, 6.45) is 1.44. The van der Waals surface area contributed by atoms with Gasteiger partial charge in [-0.05, 0) is 6.92 Å². The SMILES string of the molecule is CC(=CCNOP(=O)(O)OP(=O)(O)O)CO. The van der Waals surface area contributed by atoms with Crippen LogP contribution in [0.2, 0.25) is 0 Å². The van der Waals surface area contributed by atoms with Crippen LogP contribution in [-0.2, 0) is 18.1 Å². The van der Waals surface area contributed by atoms with Crippen molar-refractivity contribution in [2.24, 2.45) is 0 Å². The minimum Gasteiger partial charge on any atom is -0.392 e. The second kappa shape index (κ2) is 6.61. The summed E-state index contributed by atoms with van der Waals surface area (Å²) in [5.41, 5.74) is 2.53. The third-order valence-electron chi connectivity index (χ3n) is 1.17. The third kappa shape index (κ3) is 9.17. The van der Waals surface area contributed by atoms with Crippen molar-refractivity contribution in [3.05, 3.63) is 11.6 Å². The average Bonchev–Trinajstić information content (AvgIpc) is 2.08. The van der Waals surface area contributed by atoms with Crippen molar-refractivity contribution < 1.29 is 37.9 Å². The van der Waals surface area contributed by atoms with Crippen molar-refractivity contribution >= 4 is 15.6 Å². The van der Waals surface area contributed by atoms with Gasteiger partial charge in [-0.1, -0.05) is 11.6 Å². The van der Waals surface area contributed by atoms with Crippen molar-refractivity contribution in [2.45, 2.75) is 6.92 Å². The first-order valence-electron chi connectivity index (χ1n) is 3.94. The molecule has 5 N–H and O–H groups in total. The molecule has 96 valence electrons. The van der Waals surface area contributed by atoms with E-state index in [1.54, 1.807) is 6.92 Å². The van der Waals surface area contributed by atoms with Crippen molar-refractivity contribution in [1.82, 2.24) is 5.48 Å². The van der Waals surface area contributed by atoms with Gasteiger partial charge in [-0.25, -0.2) is 9.13 Å². The Morgan fingerprint density at radius 2 is 1.94 bits per heavy atom. The fraction of sp³-hybridized carbons (Fsp3) is 0.600. The minimum absolute atomic E-state index is 0.0402. The van der Waals surface area contributed by atoms with Crippen LogP contribution in [0.1, 0.15) is 6.92 Å². The lowest BCUT2D eigenvalue weighted by atomic mass is 10.3. The van der Waals surface area contributed by atoms with Gasteiger partial charge < -0.3 is 19.8 Å². The lowest BCUT2D eigenvalue weighted by Crippen LogP contribution is -2.13. The fourth-order valence-corrected chi connectivity index (χ4v) is 2.00. The fourth-order valence-electron chi connectivity index (χ4n) is 0.550. The standard InChI is InChI=1S/C5H13NO8P2/c1-5(4-7)2-3-6-13-16(11,12)14-15(8,9)10/h2,6-7H,3-4H2,1H3,(H,11,12)(H2,8,9,10). The molecule has 16 heavy (non-hydrogen) atoms. The second-order valence-electron chi connectivity index (χ2n) is 2.69. The Bertz CT molecular complexity index is 335. The molecule has 0 saturated heterocycles. The molecule has 0 amide bonds. The number of hydroxylamine groups is 1. The summed E-state index contributed by atoms with van der Waals surface area (Å²) in [5, 5.41) is 8.58. The number of hydrogen-bond donors (Lipinski definition) is 5. The second-order valence-corrected chi connectivity index (χ2v) is 5.44. The van der Waals surface area contributed by atoms with E-state index >= 15 is 0 Å². The predicted octanol–water partition coefficient (Wildman–Crippen LogP) is -0.344. The number of aliphatic hydroxyl groups is 1. The maximum Gasteiger partial charge on any atom is 0.497 e. The van der Waals surface area contributed by atoms with Gasteiger partial charge in [-0.15, -0.1) is 0 Å². The summed E-state index contributed by atoms with van der Waals surface area (Å²) < 4.78 is 28.6. The van der Waals surface area contributed by atoms with Crippen LogP contribution in [-0.4, -0.2) is 32.9 Å². The van der Waals surface area contributed by atoms with E-state index in [2.05, 4.69) is 8.94 Å². The highest BCUT2D eigenvalue weighted by Gasteiger charge is 2.32. The third-order valence-corrected chi connectivity index (χ3v) is 3.21. The topological polar surface area (TPSA) is 146 Å². The molecular formula is C5H13NO8P2. The normalized spacial score (nSPS) is 17.2. The maximum absolute atomic E-state index is 10.8. The number of nitrogens with one attached hydrogen (secondary N) is 1. The molecule has 0 heterocycles. The van der Waals surface area contributed by atoms with Gasteiger partial charge in [0.1, 0.15) is 0 Å². The Kier molecular flexibility index (Phi) is 6.57. The highest BCUT2D eigenvalue weighted by Crippen LogP contribution is 2.56. The molecule has 0 aliphatic rings. The number of rotatable bonds is 7. The van der Waals surface area contributed by atoms with E-state index in [1.807, 2.05) is 5.48 Å². The zero-order valence-corrected chi connectivity index (χ0v) is 10.1. The van der Waals surface area contributed by atoms with Gasteiger partial charge in [0.25, 0.3) is 0 Å². The zero-order valence-electron chi connectivity index (χ0n) is 8.31. The Balaban J connectivity index is 4.02. The van der Waals surface area contributed by atoms with E-state index in [4.69, 9.17) is 19.8 Å². The van der Waals surface area contributed by atoms with Gasteiger partial charge in [0.2, 0.25) is 0 Å². The van der Waals surface area contributed by atoms with E-state index in [9.17, 15) is 9.13 Å². The molecule has 0 aromatic carbocycles. The summed E-state index contributed by atoms with van der Waals surface area (Å²) in [6, 6.07) is 0. The summed E-state index contributed by atoms with van der Waals surface area (Å²) in [6.45, 7) is 1.38. The van der Waals surface area contributed by atoms with Crippen LogP contribution in [0.5, 0.6) is 0 Å². The minimum atomic E-state index is -5.09. The monoisotopic (exact) mass is 277 g/mol. The lowest BCUT2D eigenvalue weighted by Gasteiger charge is -2.11. The summed E-state index contributed by atoms with van der Waals surface area (Å²) in [4.78, 5) is 25.2. The molecule has 1 atom stereocenters. The van der Waals surface area contributed by atoms with Crippen LogP contribution in [0.3, 0.4) is 0 Å². The summed E-state index contributed by atoms with van der Waals surface area (Å²) in [5.74, 6) is 0. The molecule has 0 aliphatic heterocycles. The van der Waals surface area contributed by atoms with Gasteiger partial charge in [-0.2, -0.15) is 14.4 Å². The largest absolute Gasteiger partial charge is 0.497 e. The van der Waals surface area contributed by atoms with Crippen LogP contribution in [0, 0.1) is 0 Å². The molecule has 11 heteroatoms. The number of hydrogen-bond acceptors (Lipinski definition) is 6. The lowest BCUT2D eigenvalue weighted by molar-refractivity contribution is 0.125. The first-order chi connectivity index (χ1) is 7.16. The first-order valence-corrected chi connectivity index (χ1v) is 6.96. The molecule has 0 fully saturated rings. The highest BCUT2D eigenvalue weighted by atomic mass is 31.3. The number of aliphatic hydroxyl groups excluding tert-OH is 1. The molecule has 1 unspecified atom stereocenters. The van der Waals surface area contributed by atoms with Crippen LogP contribution in [0.25, 0.3) is 0 Å². The Morgan fingerprint density at radius 3 is 2.38 bits per heavy atom. The molecular weight excluding hydrogens is 264 g/mol. The van der Waals surface area contributed by atoms with Crippen molar-refractivity contribution in [2.75, 3.05) is 13.2 Å². The maximum atomic E-state index is 10.8. The van der Waals surface area contributed by atoms with Crippen LogP contribution >= 0.6 is 15.6 Å². The average molecular weight is 277 g/mol. The molecule has 0 saturated carbocycles. The van der Waals surface area contributed by atoms with E-state index in [0.29, 0.717) is 5.57 Å². The zero-order chi connectivity index (χ0) is 12.8. The van der Waals surface area contributed by atoms with Crippen LogP contribution in [0.15, 0.2) is 11.6 Å². The van der Waals surface area contributed by atoms with E-state index in [-0.39, 0.29) is 13.2 Å². The Labute approximate surface area is 91.5 Å². The van der Waals surface area contributed by atoms with Crippen molar-refractivity contribution in [1.29, 1.82) is 0 Å². The van der Waals surface area contributed by atoms with Gasteiger partial charge in [0, 0.05) is 6.54 Å². The van der Waals surface area contributed by atoms with Gasteiger partial charge in [0.05, 0.1) is 6.61 Å². The number of phosphoric acid groups is 2. The molecule has 0 radical (unpaired) electrons. The quantitative estimate of drug-likeness (QED) is 0.182. The predicted molar refractivity (Wildman–Crippen MR) is 52.9 cm³/mol. The molecule has 0 bridgehead atoms. The van der Waals surface area contributed by atoms with Crippen LogP contribution < -0.4 is 5.48 Å². The van der Waals surface area contributed by atoms with E-state index in [0.717, 1.165) is 0 Å². The molecule has 0 aromatic heterocycles. The van der Waals surface area contributed by atoms with Crippen LogP contribution in [0.4, 0.5) is 0 Å². The van der Waals surface area contributed by atoms with Crippen molar-refractivity contribution in [3.63, 3.8) is 0 Å². The van der Waals surface area contributed by atoms with Gasteiger partial charge in [0.15, 0.2) is 0 Å². The smallest absolute Gasteiger partial charge is 0.392 e. The van der Waals surface area contributed by atoms with Crippen molar-refractivity contribution in [3.8, 4) is 0 Å². The first kappa shape index (κ1) is 15.9. The van der Waals surface area contributed by atoms with E-state index < -0.39 is 15.6 Å². The molecule has 0 aromatic rings. The van der Waals surface area contributed by atoms with E-state index in [1.165, 1.54) is 6.08 Å². The molecule has 0 spiro atoms. The Hall–Kier alpha value is -0.0800. The summed E-state index contributed by atoms with van der Waals surface area (Å²) >= 11 is 0.